The zero-order chi connectivity index (χ0) is 18.6. The predicted molar refractivity (Wildman–Crippen MR) is 123 cm³/mol. The average Bonchev–Trinajstić information content (AvgIpc) is 3.11. The second-order valence-electron chi connectivity index (χ2n) is 7.81. The van der Waals surface area contributed by atoms with Crippen molar-refractivity contribution in [3.63, 3.8) is 0 Å². The molecule has 4 heteroatoms. The summed E-state index contributed by atoms with van der Waals surface area (Å²) in [5.41, 5.74) is 4.25. The Labute approximate surface area is 175 Å². The van der Waals surface area contributed by atoms with Gasteiger partial charge in [0.25, 0.3) is 0 Å². The largest absolute Gasteiger partial charge is 0.343 e. The van der Waals surface area contributed by atoms with E-state index in [0.717, 1.165) is 24.1 Å². The number of alkyl halides is 1. The van der Waals surface area contributed by atoms with Gasteiger partial charge in [-0.05, 0) is 22.1 Å². The topological polar surface area (TPSA) is 15.6 Å². The van der Waals surface area contributed by atoms with Gasteiger partial charge in [-0.1, -0.05) is 110 Å². The lowest BCUT2D eigenvalue weighted by Crippen LogP contribution is -2.27. The van der Waals surface area contributed by atoms with E-state index in [0.29, 0.717) is 5.25 Å². The van der Waals surface area contributed by atoms with Gasteiger partial charge < -0.3 is 4.90 Å². The Morgan fingerprint density at radius 3 is 2.15 bits per heavy atom. The molecule has 2 aromatic rings. The number of thioether (sulfide) groups is 1. The van der Waals surface area contributed by atoms with Crippen LogP contribution in [0.5, 0.6) is 0 Å². The lowest BCUT2D eigenvalue weighted by molar-refractivity contribution is 0.414. The molecule has 1 aliphatic heterocycles. The lowest BCUT2D eigenvalue weighted by Gasteiger charge is -2.25. The summed E-state index contributed by atoms with van der Waals surface area (Å²) < 4.78 is 1.15. The van der Waals surface area contributed by atoms with Crippen LogP contribution in [-0.4, -0.2) is 26.3 Å². The molecule has 2 aromatic carbocycles. The predicted octanol–water partition coefficient (Wildman–Crippen LogP) is 5.89. The third-order valence-corrected chi connectivity index (χ3v) is 7.46. The molecule has 0 saturated heterocycles. The summed E-state index contributed by atoms with van der Waals surface area (Å²) in [6.45, 7) is 9.53. The smallest absolute Gasteiger partial charge is 0.160 e. The summed E-state index contributed by atoms with van der Waals surface area (Å²) in [5, 5.41) is 1.81. The molecule has 1 heterocycles. The van der Waals surface area contributed by atoms with E-state index >= 15 is 0 Å². The molecule has 0 radical (unpaired) electrons. The van der Waals surface area contributed by atoms with Crippen molar-refractivity contribution in [2.75, 3.05) is 11.0 Å². The minimum atomic E-state index is 0.196. The van der Waals surface area contributed by atoms with Crippen molar-refractivity contribution < 1.29 is 0 Å². The van der Waals surface area contributed by atoms with Gasteiger partial charge in [-0.25, -0.2) is 0 Å². The van der Waals surface area contributed by atoms with Gasteiger partial charge in [-0.15, -0.1) is 0 Å². The molecule has 0 spiro atoms. The number of hydrogen-bond donors (Lipinski definition) is 0. The van der Waals surface area contributed by atoms with Crippen molar-refractivity contribution in [3.05, 3.63) is 71.3 Å². The Balaban J connectivity index is 1.77. The molecule has 26 heavy (non-hydrogen) atoms. The highest BCUT2D eigenvalue weighted by atomic mass is 127. The van der Waals surface area contributed by atoms with E-state index in [-0.39, 0.29) is 5.41 Å². The van der Waals surface area contributed by atoms with E-state index in [2.05, 4.69) is 103 Å². The molecule has 1 atom stereocenters. The van der Waals surface area contributed by atoms with Gasteiger partial charge in [0.15, 0.2) is 5.17 Å². The van der Waals surface area contributed by atoms with Crippen LogP contribution < -0.4 is 0 Å². The van der Waals surface area contributed by atoms with Crippen LogP contribution in [0.2, 0.25) is 0 Å². The van der Waals surface area contributed by atoms with E-state index < -0.39 is 0 Å². The molecule has 0 aromatic heterocycles. The fraction of sp³-hybridized carbons (Fsp3) is 0.409. The zero-order valence-electron chi connectivity index (χ0n) is 15.8. The van der Waals surface area contributed by atoms with E-state index in [4.69, 9.17) is 4.99 Å². The van der Waals surface area contributed by atoms with Crippen LogP contribution in [0.3, 0.4) is 0 Å². The SMILES string of the molecule is CC(C)(C)c1ccc(CN(Cc2ccccc2)C2=NCC(CI)S2)cc1. The third kappa shape index (κ3) is 5.26. The summed E-state index contributed by atoms with van der Waals surface area (Å²) in [4.78, 5) is 7.27. The maximum atomic E-state index is 4.84. The molecule has 0 N–H and O–H groups in total. The molecule has 1 aliphatic rings. The molecule has 3 rings (SSSR count). The Morgan fingerprint density at radius 1 is 1.00 bits per heavy atom. The number of amidine groups is 1. The van der Waals surface area contributed by atoms with E-state index in [1.165, 1.54) is 21.9 Å². The molecule has 0 aliphatic carbocycles. The highest BCUT2D eigenvalue weighted by Gasteiger charge is 2.23. The van der Waals surface area contributed by atoms with E-state index in [1.54, 1.807) is 0 Å². The van der Waals surface area contributed by atoms with Crippen LogP contribution in [-0.2, 0) is 18.5 Å². The van der Waals surface area contributed by atoms with Crippen LogP contribution in [0.4, 0.5) is 0 Å². The van der Waals surface area contributed by atoms with Crippen LogP contribution in [0.15, 0.2) is 59.6 Å². The molecule has 2 nitrogen and oxygen atoms in total. The summed E-state index contributed by atoms with van der Waals surface area (Å²) in [5.74, 6) is 0. The highest BCUT2D eigenvalue weighted by Crippen LogP contribution is 2.28. The van der Waals surface area contributed by atoms with Gasteiger partial charge in [0.1, 0.15) is 0 Å². The Morgan fingerprint density at radius 2 is 1.62 bits per heavy atom. The first-order valence-electron chi connectivity index (χ1n) is 9.11. The quantitative estimate of drug-likeness (QED) is 0.393. The van der Waals surface area contributed by atoms with Gasteiger partial charge in [-0.3, -0.25) is 4.99 Å². The summed E-state index contributed by atoms with van der Waals surface area (Å²) in [6, 6.07) is 19.8. The molecule has 0 saturated carbocycles. The van der Waals surface area contributed by atoms with Crippen LogP contribution in [0.25, 0.3) is 0 Å². The van der Waals surface area contributed by atoms with Gasteiger partial charge >= 0.3 is 0 Å². The lowest BCUT2D eigenvalue weighted by atomic mass is 9.87. The van der Waals surface area contributed by atoms with Crippen molar-refractivity contribution in [3.8, 4) is 0 Å². The van der Waals surface area contributed by atoms with Gasteiger partial charge in [0.05, 0.1) is 6.54 Å². The number of hydrogen-bond acceptors (Lipinski definition) is 3. The first-order valence-corrected chi connectivity index (χ1v) is 11.5. The first-order chi connectivity index (χ1) is 12.5. The molecule has 0 bridgehead atoms. The summed E-state index contributed by atoms with van der Waals surface area (Å²) in [7, 11) is 0. The van der Waals surface area contributed by atoms with Crippen molar-refractivity contribution in [1.29, 1.82) is 0 Å². The minimum Gasteiger partial charge on any atom is -0.343 e. The van der Waals surface area contributed by atoms with Gasteiger partial charge in [-0.2, -0.15) is 0 Å². The monoisotopic (exact) mass is 478 g/mol. The van der Waals surface area contributed by atoms with Crippen LogP contribution in [0.1, 0.15) is 37.5 Å². The molecule has 0 fully saturated rings. The number of nitrogens with zero attached hydrogens (tertiary/aromatic N) is 2. The first kappa shape index (κ1) is 19.7. The van der Waals surface area contributed by atoms with Crippen molar-refractivity contribution >= 4 is 39.5 Å². The van der Waals surface area contributed by atoms with Crippen molar-refractivity contribution in [1.82, 2.24) is 4.90 Å². The second-order valence-corrected chi connectivity index (χ2v) is 9.95. The molecule has 0 amide bonds. The summed E-state index contributed by atoms with van der Waals surface area (Å²) in [6.07, 6.45) is 0. The molecule has 1 unspecified atom stereocenters. The molecular formula is C22H27IN2S. The molecule has 138 valence electrons. The van der Waals surface area contributed by atoms with Crippen LogP contribution in [0, 0.1) is 0 Å². The number of rotatable bonds is 5. The normalized spacial score (nSPS) is 17.2. The zero-order valence-corrected chi connectivity index (χ0v) is 18.8. The molecular weight excluding hydrogens is 451 g/mol. The van der Waals surface area contributed by atoms with Gasteiger partial charge in [0, 0.05) is 22.8 Å². The average molecular weight is 478 g/mol. The number of halogens is 1. The highest BCUT2D eigenvalue weighted by molar-refractivity contribution is 14.1. The Hall–Kier alpha value is -1.01. The maximum Gasteiger partial charge on any atom is 0.160 e. The van der Waals surface area contributed by atoms with E-state index in [1.807, 2.05) is 11.8 Å². The third-order valence-electron chi connectivity index (χ3n) is 4.55. The van der Waals surface area contributed by atoms with Crippen molar-refractivity contribution in [2.24, 2.45) is 4.99 Å². The standard InChI is InChI=1S/C22H27IN2S/c1-22(2,3)19-11-9-18(10-12-19)16-25(15-17-7-5-4-6-8-17)21-24-14-20(13-23)26-21/h4-12,20H,13-16H2,1-3H3. The van der Waals surface area contributed by atoms with Crippen LogP contribution >= 0.6 is 34.4 Å². The van der Waals surface area contributed by atoms with E-state index in [9.17, 15) is 0 Å². The number of benzene rings is 2. The Kier molecular flexibility index (Phi) is 6.67. The van der Waals surface area contributed by atoms with Crippen molar-refractivity contribution in [2.45, 2.75) is 44.5 Å². The Bertz CT molecular complexity index is 735. The number of aliphatic imine (C=N–C) groups is 1. The summed E-state index contributed by atoms with van der Waals surface area (Å²) >= 11 is 4.40. The second kappa shape index (κ2) is 8.79. The fourth-order valence-electron chi connectivity index (χ4n) is 2.98. The maximum absolute atomic E-state index is 4.84. The minimum absolute atomic E-state index is 0.196. The fourth-order valence-corrected chi connectivity index (χ4v) is 4.74. The van der Waals surface area contributed by atoms with Gasteiger partial charge in [0.2, 0.25) is 0 Å².